The molecule has 27 heavy (non-hydrogen) atoms. The van der Waals surface area contributed by atoms with E-state index in [2.05, 4.69) is 11.8 Å². The minimum absolute atomic E-state index is 0.0195. The molecule has 1 aliphatic heterocycles. The third kappa shape index (κ3) is 5.45. The lowest BCUT2D eigenvalue weighted by Gasteiger charge is -2.16. The summed E-state index contributed by atoms with van der Waals surface area (Å²) in [5, 5.41) is 9.42. The zero-order chi connectivity index (χ0) is 20.4. The number of alkyl halides is 3. The second-order valence-corrected chi connectivity index (χ2v) is 7.16. The van der Waals surface area contributed by atoms with E-state index in [4.69, 9.17) is 9.47 Å². The minimum Gasteiger partial charge on any atom is -0.394 e. The van der Waals surface area contributed by atoms with Gasteiger partial charge in [-0.1, -0.05) is 11.8 Å². The topological polar surface area (TPSA) is 93.6 Å². The van der Waals surface area contributed by atoms with Crippen molar-refractivity contribution in [2.24, 2.45) is 5.41 Å². The van der Waals surface area contributed by atoms with Crippen molar-refractivity contribution in [1.82, 2.24) is 9.55 Å². The maximum Gasteiger partial charge on any atom is 0.423 e. The molecule has 2 N–H and O–H groups in total. The average molecular weight is 390 g/mol. The lowest BCUT2D eigenvalue weighted by molar-refractivity contribution is -0.139. The standard InChI is InChI=1S/C17H21F3N2O5/c1-16(2,3)5-4-6-26-11-7-13(27-12(11)9-23)22-8-10(17(18,19)20)14(24)21-15(22)25/h8,11-13,23H,6-7,9H2,1-3H3,(H,21,24,25)/t11-,12+,13+/m0/s1. The van der Waals surface area contributed by atoms with Crippen LogP contribution >= 0.6 is 0 Å². The van der Waals surface area contributed by atoms with Crippen molar-refractivity contribution in [3.8, 4) is 11.8 Å². The zero-order valence-electron chi connectivity index (χ0n) is 15.1. The van der Waals surface area contributed by atoms with E-state index in [-0.39, 0.29) is 18.4 Å². The number of nitrogens with zero attached hydrogens (tertiary/aromatic N) is 1. The molecule has 0 amide bonds. The van der Waals surface area contributed by atoms with E-state index >= 15 is 0 Å². The highest BCUT2D eigenvalue weighted by molar-refractivity contribution is 5.10. The van der Waals surface area contributed by atoms with E-state index < -0.39 is 48.0 Å². The van der Waals surface area contributed by atoms with E-state index in [0.717, 1.165) is 0 Å². The number of rotatable bonds is 4. The molecule has 0 saturated carbocycles. The molecule has 0 aromatic carbocycles. The maximum absolute atomic E-state index is 12.9. The van der Waals surface area contributed by atoms with Gasteiger partial charge in [0.25, 0.3) is 5.56 Å². The monoisotopic (exact) mass is 390 g/mol. The van der Waals surface area contributed by atoms with Gasteiger partial charge in [-0.25, -0.2) is 4.79 Å². The average Bonchev–Trinajstić information content (AvgIpc) is 2.92. The van der Waals surface area contributed by atoms with Gasteiger partial charge in [-0.05, 0) is 20.8 Å². The minimum atomic E-state index is -4.92. The first-order chi connectivity index (χ1) is 12.4. The van der Waals surface area contributed by atoms with Crippen LogP contribution in [0.5, 0.6) is 0 Å². The van der Waals surface area contributed by atoms with Gasteiger partial charge in [0.15, 0.2) is 0 Å². The molecule has 3 atom stereocenters. The van der Waals surface area contributed by atoms with E-state index in [9.17, 15) is 27.9 Å². The molecule has 1 saturated heterocycles. The fourth-order valence-corrected chi connectivity index (χ4v) is 2.56. The van der Waals surface area contributed by atoms with Crippen molar-refractivity contribution in [2.75, 3.05) is 13.2 Å². The molecule has 0 radical (unpaired) electrons. The van der Waals surface area contributed by atoms with Crippen molar-refractivity contribution < 1.29 is 27.8 Å². The predicted molar refractivity (Wildman–Crippen MR) is 88.9 cm³/mol. The Bertz CT molecular complexity index is 842. The molecule has 0 aliphatic carbocycles. The van der Waals surface area contributed by atoms with Gasteiger partial charge >= 0.3 is 11.9 Å². The highest BCUT2D eigenvalue weighted by Gasteiger charge is 2.39. The summed E-state index contributed by atoms with van der Waals surface area (Å²) in [7, 11) is 0. The van der Waals surface area contributed by atoms with Crippen LogP contribution < -0.4 is 11.2 Å². The second-order valence-electron chi connectivity index (χ2n) is 7.16. The van der Waals surface area contributed by atoms with Gasteiger partial charge in [-0.2, -0.15) is 13.2 Å². The van der Waals surface area contributed by atoms with Crippen LogP contribution in [0.1, 0.15) is 39.0 Å². The Morgan fingerprint density at radius 1 is 1.37 bits per heavy atom. The molecule has 10 heteroatoms. The number of aliphatic hydroxyl groups is 1. The molecule has 150 valence electrons. The summed E-state index contributed by atoms with van der Waals surface area (Å²) in [5.41, 5.74) is -4.29. The molecule has 0 bridgehead atoms. The molecule has 2 rings (SSSR count). The summed E-state index contributed by atoms with van der Waals surface area (Å²) in [6.07, 6.45) is -7.10. The molecular formula is C17H21F3N2O5. The summed E-state index contributed by atoms with van der Waals surface area (Å²) < 4.78 is 50.4. The van der Waals surface area contributed by atoms with E-state index in [1.165, 1.54) is 0 Å². The zero-order valence-corrected chi connectivity index (χ0v) is 15.1. The van der Waals surface area contributed by atoms with Gasteiger partial charge in [0.2, 0.25) is 0 Å². The SMILES string of the molecule is CC(C)(C)C#CCO[C@H]1C[C@H](n2cc(C(F)(F)F)c(=O)[nH]c2=O)O[C@@H]1CO. The van der Waals surface area contributed by atoms with Crippen LogP contribution in [0.25, 0.3) is 0 Å². The van der Waals surface area contributed by atoms with Crippen LogP contribution in [0, 0.1) is 17.3 Å². The van der Waals surface area contributed by atoms with E-state index in [1.54, 1.807) is 4.98 Å². The lowest BCUT2D eigenvalue weighted by atomic mass is 9.98. The highest BCUT2D eigenvalue weighted by Crippen LogP contribution is 2.31. The number of aliphatic hydroxyl groups excluding tert-OH is 1. The van der Waals surface area contributed by atoms with Gasteiger partial charge < -0.3 is 14.6 Å². The molecule has 0 unspecified atom stereocenters. The highest BCUT2D eigenvalue weighted by atomic mass is 19.4. The summed E-state index contributed by atoms with van der Waals surface area (Å²) in [4.78, 5) is 24.9. The predicted octanol–water partition coefficient (Wildman–Crippen LogP) is 1.27. The van der Waals surface area contributed by atoms with Crippen molar-refractivity contribution in [2.45, 2.75) is 51.8 Å². The van der Waals surface area contributed by atoms with Crippen molar-refractivity contribution in [3.63, 3.8) is 0 Å². The maximum atomic E-state index is 12.9. The summed E-state index contributed by atoms with van der Waals surface area (Å²) in [5.74, 6) is 5.79. The Balaban J connectivity index is 2.20. The number of nitrogens with one attached hydrogen (secondary N) is 1. The van der Waals surface area contributed by atoms with Crippen molar-refractivity contribution in [3.05, 3.63) is 32.6 Å². The number of hydrogen-bond acceptors (Lipinski definition) is 5. The van der Waals surface area contributed by atoms with E-state index in [1.807, 2.05) is 20.8 Å². The molecule has 1 aromatic rings. The molecule has 0 spiro atoms. The smallest absolute Gasteiger partial charge is 0.394 e. The number of aromatic nitrogens is 2. The Morgan fingerprint density at radius 3 is 2.59 bits per heavy atom. The Hall–Kier alpha value is -2.09. The number of aromatic amines is 1. The fourth-order valence-electron chi connectivity index (χ4n) is 2.56. The van der Waals surface area contributed by atoms with Gasteiger partial charge in [0.05, 0.1) is 12.7 Å². The van der Waals surface area contributed by atoms with Crippen LogP contribution in [0.4, 0.5) is 13.2 Å². The van der Waals surface area contributed by atoms with E-state index in [0.29, 0.717) is 10.8 Å². The summed E-state index contributed by atoms with van der Waals surface area (Å²) in [6, 6.07) is 0. The van der Waals surface area contributed by atoms with Crippen molar-refractivity contribution >= 4 is 0 Å². The van der Waals surface area contributed by atoms with Crippen LogP contribution in [-0.2, 0) is 15.7 Å². The van der Waals surface area contributed by atoms with Crippen LogP contribution in [0.15, 0.2) is 15.8 Å². The largest absolute Gasteiger partial charge is 0.423 e. The van der Waals surface area contributed by atoms with Gasteiger partial charge in [-0.15, -0.1) is 0 Å². The first kappa shape index (κ1) is 21.2. The molecule has 2 heterocycles. The van der Waals surface area contributed by atoms with Crippen molar-refractivity contribution in [1.29, 1.82) is 0 Å². The lowest BCUT2D eigenvalue weighted by Crippen LogP contribution is -2.36. The van der Waals surface area contributed by atoms with Gasteiger partial charge in [-0.3, -0.25) is 14.3 Å². The molecule has 7 nitrogen and oxygen atoms in total. The Morgan fingerprint density at radius 2 is 2.04 bits per heavy atom. The number of hydrogen-bond donors (Lipinski definition) is 2. The molecule has 1 fully saturated rings. The number of H-pyrrole nitrogens is 1. The quantitative estimate of drug-likeness (QED) is 0.756. The van der Waals surface area contributed by atoms with Crippen LogP contribution in [-0.4, -0.2) is 40.1 Å². The fraction of sp³-hybridized carbons (Fsp3) is 0.647. The normalized spacial score (nSPS) is 23.1. The molecule has 1 aliphatic rings. The van der Waals surface area contributed by atoms with Gasteiger partial charge in [0.1, 0.15) is 24.5 Å². The Kier molecular flexibility index (Phi) is 6.19. The first-order valence-electron chi connectivity index (χ1n) is 8.23. The number of halogens is 3. The molecular weight excluding hydrogens is 369 g/mol. The Labute approximate surface area is 153 Å². The first-order valence-corrected chi connectivity index (χ1v) is 8.23. The van der Waals surface area contributed by atoms with Crippen LogP contribution in [0.2, 0.25) is 0 Å². The third-order valence-corrected chi connectivity index (χ3v) is 3.78. The number of ether oxygens (including phenoxy) is 2. The molecule has 1 aromatic heterocycles. The third-order valence-electron chi connectivity index (χ3n) is 3.78. The second kappa shape index (κ2) is 7.88. The van der Waals surface area contributed by atoms with Gasteiger partial charge in [0, 0.05) is 18.0 Å². The summed E-state index contributed by atoms with van der Waals surface area (Å²) >= 11 is 0. The van der Waals surface area contributed by atoms with Crippen LogP contribution in [0.3, 0.4) is 0 Å². The summed E-state index contributed by atoms with van der Waals surface area (Å²) in [6.45, 7) is 5.37.